The van der Waals surface area contributed by atoms with Gasteiger partial charge in [-0.25, -0.2) is 0 Å². The van der Waals surface area contributed by atoms with E-state index < -0.39 is 0 Å². The molecule has 1 saturated heterocycles. The van der Waals surface area contributed by atoms with Gasteiger partial charge in [0.2, 0.25) is 0 Å². The van der Waals surface area contributed by atoms with E-state index in [2.05, 4.69) is 23.0 Å². The average Bonchev–Trinajstić information content (AvgIpc) is 2.53. The maximum atomic E-state index is 3.47. The van der Waals surface area contributed by atoms with Crippen LogP contribution in [0.15, 0.2) is 0 Å². The van der Waals surface area contributed by atoms with Gasteiger partial charge in [-0.15, -0.1) is 0 Å². The molecule has 1 nitrogen and oxygen atoms in total. The maximum Gasteiger partial charge on any atom is 0.0786 e. The van der Waals surface area contributed by atoms with Crippen molar-refractivity contribution in [3.63, 3.8) is 0 Å². The van der Waals surface area contributed by atoms with Crippen LogP contribution in [-0.4, -0.2) is 36.5 Å². The van der Waals surface area contributed by atoms with Crippen LogP contribution in [0.25, 0.3) is 0 Å². The minimum atomic E-state index is 0. The number of hydrogen-bond donors (Lipinski definition) is 0. The smallest absolute Gasteiger partial charge is 0.0786 e. The molecule has 0 spiro atoms. The van der Waals surface area contributed by atoms with Gasteiger partial charge in [0, 0.05) is 18.2 Å². The predicted octanol–water partition coefficient (Wildman–Crippen LogP) is 0.186. The van der Waals surface area contributed by atoms with Crippen LogP contribution in [0.1, 0.15) is 38.5 Å². The number of hydrogen-bond acceptors (Lipinski definition) is 0. The van der Waals surface area contributed by atoms with Crippen molar-refractivity contribution in [3.05, 3.63) is 0 Å². The Balaban J connectivity index is 0.00000169. The van der Waals surface area contributed by atoms with Crippen LogP contribution < -0.4 is 17.0 Å². The molecule has 0 N–H and O–H groups in total. The summed E-state index contributed by atoms with van der Waals surface area (Å²) in [5.41, 5.74) is 0. The summed E-state index contributed by atoms with van der Waals surface area (Å²) < 4.78 is 1.36. The summed E-state index contributed by atoms with van der Waals surface area (Å²) in [6.07, 6.45) is 8.54. The number of quaternary nitrogens is 1. The number of alkyl halides is 1. The van der Waals surface area contributed by atoms with Crippen molar-refractivity contribution in [2.75, 3.05) is 32.0 Å². The Hall–Kier alpha value is 0.920. The van der Waals surface area contributed by atoms with E-state index in [0.29, 0.717) is 0 Å². The zero-order valence-electron chi connectivity index (χ0n) is 9.27. The molecule has 3 heteroatoms. The second-order valence-electron chi connectivity index (χ2n) is 4.60. The number of likely N-dealkylation sites (tertiary alicyclic amines) is 1. The van der Waals surface area contributed by atoms with Crippen molar-refractivity contribution < 1.29 is 21.5 Å². The topological polar surface area (TPSA) is 0 Å². The van der Waals surface area contributed by atoms with Crippen LogP contribution in [0.3, 0.4) is 0 Å². The zero-order chi connectivity index (χ0) is 9.57. The highest BCUT2D eigenvalue weighted by Crippen LogP contribution is 2.17. The predicted molar refractivity (Wildman–Crippen MR) is 62.3 cm³/mol. The lowest BCUT2D eigenvalue weighted by Crippen LogP contribution is -3.00. The van der Waals surface area contributed by atoms with Crippen LogP contribution in [0.5, 0.6) is 0 Å². The van der Waals surface area contributed by atoms with Gasteiger partial charge in [-0.3, -0.25) is 0 Å². The molecule has 1 aliphatic heterocycles. The third kappa shape index (κ3) is 5.72. The highest BCUT2D eigenvalue weighted by atomic mass is 79.9. The SMILES string of the molecule is C[N+]1(CCCCCCBr)CCCC1.[Br-]. The summed E-state index contributed by atoms with van der Waals surface area (Å²) in [6.45, 7) is 4.28. The summed E-state index contributed by atoms with van der Waals surface area (Å²) >= 11 is 3.47. The molecule has 0 radical (unpaired) electrons. The zero-order valence-corrected chi connectivity index (χ0v) is 12.4. The molecule has 0 aromatic heterocycles. The van der Waals surface area contributed by atoms with Crippen molar-refractivity contribution in [1.29, 1.82) is 0 Å². The Bertz CT molecular complexity index is 133. The summed E-state index contributed by atoms with van der Waals surface area (Å²) in [7, 11) is 2.43. The van der Waals surface area contributed by atoms with Crippen molar-refractivity contribution in [2.24, 2.45) is 0 Å². The Morgan fingerprint density at radius 3 is 2.14 bits per heavy atom. The fraction of sp³-hybridized carbons (Fsp3) is 1.00. The second-order valence-corrected chi connectivity index (χ2v) is 5.39. The standard InChI is InChI=1S/C11H23BrN.BrH/c1-13(10-6-7-11-13)9-5-3-2-4-8-12;/h2-11H2,1H3;1H/q+1;/p-1. The Kier molecular flexibility index (Phi) is 8.65. The van der Waals surface area contributed by atoms with E-state index in [9.17, 15) is 0 Å². The average molecular weight is 329 g/mol. The fourth-order valence-corrected chi connectivity index (χ4v) is 2.66. The first kappa shape index (κ1) is 14.9. The first-order valence-electron chi connectivity index (χ1n) is 5.66. The van der Waals surface area contributed by atoms with Crippen LogP contribution in [-0.2, 0) is 0 Å². The van der Waals surface area contributed by atoms with Crippen molar-refractivity contribution in [2.45, 2.75) is 38.5 Å². The van der Waals surface area contributed by atoms with E-state index in [1.807, 2.05) is 0 Å². The third-order valence-electron chi connectivity index (χ3n) is 3.23. The molecule has 1 heterocycles. The minimum absolute atomic E-state index is 0. The molecule has 1 fully saturated rings. The van der Waals surface area contributed by atoms with Gasteiger partial charge in [0.15, 0.2) is 0 Å². The monoisotopic (exact) mass is 327 g/mol. The lowest BCUT2D eigenvalue weighted by molar-refractivity contribution is -0.897. The van der Waals surface area contributed by atoms with Gasteiger partial charge in [0.05, 0.1) is 26.7 Å². The quantitative estimate of drug-likeness (QED) is 0.371. The fourth-order valence-electron chi connectivity index (χ4n) is 2.26. The molecule has 0 amide bonds. The van der Waals surface area contributed by atoms with Crippen LogP contribution in [0.4, 0.5) is 0 Å². The van der Waals surface area contributed by atoms with Crippen LogP contribution >= 0.6 is 15.9 Å². The van der Waals surface area contributed by atoms with E-state index in [1.54, 1.807) is 0 Å². The Labute approximate surface area is 108 Å². The van der Waals surface area contributed by atoms with E-state index in [4.69, 9.17) is 0 Å². The molecule has 1 rings (SSSR count). The molecule has 14 heavy (non-hydrogen) atoms. The Morgan fingerprint density at radius 1 is 1.00 bits per heavy atom. The van der Waals surface area contributed by atoms with Gasteiger partial charge in [-0.05, 0) is 19.3 Å². The van der Waals surface area contributed by atoms with Crippen molar-refractivity contribution >= 4 is 15.9 Å². The minimum Gasteiger partial charge on any atom is -1.00 e. The number of rotatable bonds is 6. The first-order valence-corrected chi connectivity index (χ1v) is 6.78. The van der Waals surface area contributed by atoms with Gasteiger partial charge in [-0.2, -0.15) is 0 Å². The van der Waals surface area contributed by atoms with Gasteiger partial charge >= 0.3 is 0 Å². The number of unbranched alkanes of at least 4 members (excludes halogenated alkanes) is 3. The van der Waals surface area contributed by atoms with Gasteiger partial charge < -0.3 is 21.5 Å². The van der Waals surface area contributed by atoms with E-state index in [0.717, 1.165) is 0 Å². The molecule has 0 aliphatic carbocycles. The highest BCUT2D eigenvalue weighted by Gasteiger charge is 2.25. The Morgan fingerprint density at radius 2 is 1.57 bits per heavy atom. The molecule has 0 saturated carbocycles. The molecular formula is C11H23Br2N. The van der Waals surface area contributed by atoms with E-state index in [1.165, 1.54) is 68.0 Å². The van der Waals surface area contributed by atoms with Crippen LogP contribution in [0, 0.1) is 0 Å². The normalized spacial score (nSPS) is 19.3. The largest absolute Gasteiger partial charge is 1.00 e. The lowest BCUT2D eigenvalue weighted by atomic mass is 10.2. The first-order chi connectivity index (χ1) is 6.27. The van der Waals surface area contributed by atoms with Gasteiger partial charge in [0.1, 0.15) is 0 Å². The molecule has 1 aliphatic rings. The summed E-state index contributed by atoms with van der Waals surface area (Å²) in [4.78, 5) is 0. The number of nitrogens with zero attached hydrogens (tertiary/aromatic N) is 1. The van der Waals surface area contributed by atoms with Crippen LogP contribution in [0.2, 0.25) is 0 Å². The molecule has 0 atom stereocenters. The summed E-state index contributed by atoms with van der Waals surface area (Å²) in [5.74, 6) is 0. The van der Waals surface area contributed by atoms with E-state index >= 15 is 0 Å². The lowest BCUT2D eigenvalue weighted by Gasteiger charge is -2.29. The molecule has 0 unspecified atom stereocenters. The van der Waals surface area contributed by atoms with E-state index in [-0.39, 0.29) is 17.0 Å². The summed E-state index contributed by atoms with van der Waals surface area (Å²) in [5, 5.41) is 1.18. The molecule has 0 aromatic rings. The molecule has 86 valence electrons. The van der Waals surface area contributed by atoms with Crippen molar-refractivity contribution in [1.82, 2.24) is 0 Å². The maximum absolute atomic E-state index is 3.47. The third-order valence-corrected chi connectivity index (χ3v) is 3.79. The molecule has 0 bridgehead atoms. The van der Waals surface area contributed by atoms with Gasteiger partial charge in [0.25, 0.3) is 0 Å². The molecular weight excluding hydrogens is 306 g/mol. The summed E-state index contributed by atoms with van der Waals surface area (Å²) in [6, 6.07) is 0. The van der Waals surface area contributed by atoms with Gasteiger partial charge in [-0.1, -0.05) is 22.4 Å². The molecule has 0 aromatic carbocycles. The van der Waals surface area contributed by atoms with Crippen molar-refractivity contribution in [3.8, 4) is 0 Å². The second kappa shape index (κ2) is 8.12. The number of halogens is 2. The highest BCUT2D eigenvalue weighted by molar-refractivity contribution is 9.09.